The number of likely N-dealkylation sites (tertiary alicyclic amines) is 1. The predicted molar refractivity (Wildman–Crippen MR) is 80.0 cm³/mol. The molecular formula is C14H19Cl2N3. The fraction of sp³-hybridized carbons (Fsp3) is 0.571. The number of piperazine rings is 1. The van der Waals surface area contributed by atoms with Crippen molar-refractivity contribution in [2.45, 2.75) is 12.6 Å². The topological polar surface area (TPSA) is 18.5 Å². The molecule has 5 heteroatoms. The standard InChI is InChI=1S/C14H19Cl2N3/c15-12-1-2-14(16)11(7-12)8-18-9-13(10-18)19-5-3-17-4-6-19/h1-2,7,13,17H,3-6,8-10H2. The summed E-state index contributed by atoms with van der Waals surface area (Å²) in [5, 5.41) is 4.97. The molecule has 0 bridgehead atoms. The van der Waals surface area contributed by atoms with Crippen LogP contribution in [0.1, 0.15) is 5.56 Å². The van der Waals surface area contributed by atoms with Crippen molar-refractivity contribution in [3.05, 3.63) is 33.8 Å². The van der Waals surface area contributed by atoms with E-state index in [4.69, 9.17) is 23.2 Å². The molecular weight excluding hydrogens is 281 g/mol. The van der Waals surface area contributed by atoms with Gasteiger partial charge in [0.05, 0.1) is 0 Å². The summed E-state index contributed by atoms with van der Waals surface area (Å²) in [7, 11) is 0. The average Bonchev–Trinajstić information content (AvgIpc) is 2.38. The predicted octanol–water partition coefficient (Wildman–Crippen LogP) is 2.08. The first-order valence-corrected chi connectivity index (χ1v) is 7.59. The Balaban J connectivity index is 1.52. The Labute approximate surface area is 124 Å². The lowest BCUT2D eigenvalue weighted by Gasteiger charge is -2.47. The molecule has 3 nitrogen and oxygen atoms in total. The van der Waals surface area contributed by atoms with Crippen molar-refractivity contribution < 1.29 is 0 Å². The second-order valence-electron chi connectivity index (χ2n) is 5.37. The normalized spacial score (nSPS) is 22.4. The molecule has 2 heterocycles. The van der Waals surface area contributed by atoms with Gasteiger partial charge >= 0.3 is 0 Å². The Bertz CT molecular complexity index is 440. The molecule has 0 atom stereocenters. The summed E-state index contributed by atoms with van der Waals surface area (Å²) in [6.07, 6.45) is 0. The molecule has 1 N–H and O–H groups in total. The zero-order valence-corrected chi connectivity index (χ0v) is 12.4. The van der Waals surface area contributed by atoms with Gasteiger partial charge in [-0.2, -0.15) is 0 Å². The second-order valence-corrected chi connectivity index (χ2v) is 6.21. The number of hydrogen-bond donors (Lipinski definition) is 1. The van der Waals surface area contributed by atoms with Crippen LogP contribution in [0.2, 0.25) is 10.0 Å². The van der Waals surface area contributed by atoms with E-state index in [1.54, 1.807) is 0 Å². The van der Waals surface area contributed by atoms with Crippen molar-refractivity contribution in [3.8, 4) is 0 Å². The number of nitrogens with one attached hydrogen (secondary N) is 1. The monoisotopic (exact) mass is 299 g/mol. The summed E-state index contributed by atoms with van der Waals surface area (Å²) in [4.78, 5) is 5.02. The Kier molecular flexibility index (Phi) is 4.30. The van der Waals surface area contributed by atoms with Crippen LogP contribution in [-0.4, -0.2) is 55.1 Å². The van der Waals surface area contributed by atoms with Crippen molar-refractivity contribution in [2.24, 2.45) is 0 Å². The lowest BCUT2D eigenvalue weighted by Crippen LogP contribution is -2.62. The number of halogens is 2. The van der Waals surface area contributed by atoms with E-state index in [2.05, 4.69) is 15.1 Å². The van der Waals surface area contributed by atoms with Gasteiger partial charge in [0.15, 0.2) is 0 Å². The largest absolute Gasteiger partial charge is 0.314 e. The Morgan fingerprint density at radius 2 is 1.89 bits per heavy atom. The van der Waals surface area contributed by atoms with Crippen molar-refractivity contribution in [1.29, 1.82) is 0 Å². The molecule has 3 rings (SSSR count). The maximum absolute atomic E-state index is 6.20. The molecule has 1 aromatic rings. The number of benzene rings is 1. The molecule has 19 heavy (non-hydrogen) atoms. The minimum absolute atomic E-state index is 0.722. The first kappa shape index (κ1) is 13.7. The quantitative estimate of drug-likeness (QED) is 0.922. The van der Waals surface area contributed by atoms with Crippen LogP contribution in [0.15, 0.2) is 18.2 Å². The van der Waals surface area contributed by atoms with Crippen molar-refractivity contribution in [2.75, 3.05) is 39.3 Å². The molecule has 0 aromatic heterocycles. The van der Waals surface area contributed by atoms with E-state index >= 15 is 0 Å². The van der Waals surface area contributed by atoms with Gasteiger partial charge in [-0.1, -0.05) is 23.2 Å². The fourth-order valence-electron chi connectivity index (χ4n) is 2.86. The van der Waals surface area contributed by atoms with Crippen molar-refractivity contribution in [1.82, 2.24) is 15.1 Å². The number of hydrogen-bond acceptors (Lipinski definition) is 3. The average molecular weight is 300 g/mol. The molecule has 2 saturated heterocycles. The molecule has 2 fully saturated rings. The molecule has 1 aromatic carbocycles. The second kappa shape index (κ2) is 5.98. The highest BCUT2D eigenvalue weighted by molar-refractivity contribution is 6.33. The van der Waals surface area contributed by atoms with Gasteiger partial charge in [0.25, 0.3) is 0 Å². The highest BCUT2D eigenvalue weighted by Crippen LogP contribution is 2.25. The van der Waals surface area contributed by atoms with E-state index in [1.165, 1.54) is 13.1 Å². The third-order valence-electron chi connectivity index (χ3n) is 4.01. The minimum atomic E-state index is 0.722. The molecule has 2 aliphatic heterocycles. The lowest BCUT2D eigenvalue weighted by atomic mass is 10.0. The van der Waals surface area contributed by atoms with Crippen LogP contribution in [0.25, 0.3) is 0 Å². The fourth-order valence-corrected chi connectivity index (χ4v) is 3.23. The van der Waals surface area contributed by atoms with Crippen LogP contribution in [0, 0.1) is 0 Å². The maximum Gasteiger partial charge on any atom is 0.0452 e. The molecule has 104 valence electrons. The van der Waals surface area contributed by atoms with E-state index in [0.717, 1.165) is 54.4 Å². The van der Waals surface area contributed by atoms with Crippen LogP contribution in [0.3, 0.4) is 0 Å². The van der Waals surface area contributed by atoms with E-state index in [1.807, 2.05) is 18.2 Å². The van der Waals surface area contributed by atoms with E-state index in [0.29, 0.717) is 0 Å². The van der Waals surface area contributed by atoms with Crippen molar-refractivity contribution >= 4 is 23.2 Å². The molecule has 0 amide bonds. The van der Waals surface area contributed by atoms with E-state index in [9.17, 15) is 0 Å². The van der Waals surface area contributed by atoms with Crippen LogP contribution in [0.5, 0.6) is 0 Å². The van der Waals surface area contributed by atoms with Crippen LogP contribution in [-0.2, 0) is 6.54 Å². The highest BCUT2D eigenvalue weighted by Gasteiger charge is 2.32. The van der Waals surface area contributed by atoms with Crippen LogP contribution in [0.4, 0.5) is 0 Å². The van der Waals surface area contributed by atoms with Crippen LogP contribution < -0.4 is 5.32 Å². The molecule has 2 aliphatic rings. The van der Waals surface area contributed by atoms with Gasteiger partial charge in [0.2, 0.25) is 0 Å². The minimum Gasteiger partial charge on any atom is -0.314 e. The molecule has 0 aliphatic carbocycles. The number of nitrogens with zero attached hydrogens (tertiary/aromatic N) is 2. The van der Waals surface area contributed by atoms with Gasteiger partial charge in [-0.25, -0.2) is 0 Å². The smallest absolute Gasteiger partial charge is 0.0452 e. The Hall–Kier alpha value is -0.320. The zero-order chi connectivity index (χ0) is 13.2. The summed E-state index contributed by atoms with van der Waals surface area (Å²) >= 11 is 12.2. The van der Waals surface area contributed by atoms with Crippen molar-refractivity contribution in [3.63, 3.8) is 0 Å². The summed E-state index contributed by atoms with van der Waals surface area (Å²) < 4.78 is 0. The van der Waals surface area contributed by atoms with Gasteiger partial charge in [-0.3, -0.25) is 9.80 Å². The third-order valence-corrected chi connectivity index (χ3v) is 4.61. The summed E-state index contributed by atoms with van der Waals surface area (Å²) in [6, 6.07) is 6.42. The molecule has 0 spiro atoms. The Morgan fingerprint density at radius 1 is 1.16 bits per heavy atom. The van der Waals surface area contributed by atoms with Gasteiger partial charge in [0.1, 0.15) is 0 Å². The van der Waals surface area contributed by atoms with Gasteiger partial charge in [-0.05, 0) is 23.8 Å². The first-order valence-electron chi connectivity index (χ1n) is 6.83. The highest BCUT2D eigenvalue weighted by atomic mass is 35.5. The molecule has 0 radical (unpaired) electrons. The maximum atomic E-state index is 6.20. The van der Waals surface area contributed by atoms with Crippen LogP contribution >= 0.6 is 23.2 Å². The van der Waals surface area contributed by atoms with E-state index in [-0.39, 0.29) is 0 Å². The SMILES string of the molecule is Clc1ccc(Cl)c(CN2CC(N3CCNCC3)C2)c1. The van der Waals surface area contributed by atoms with Gasteiger partial charge in [-0.15, -0.1) is 0 Å². The van der Waals surface area contributed by atoms with E-state index < -0.39 is 0 Å². The first-order chi connectivity index (χ1) is 9.22. The number of rotatable bonds is 3. The summed E-state index contributed by atoms with van der Waals surface area (Å²) in [5.41, 5.74) is 1.13. The lowest BCUT2D eigenvalue weighted by molar-refractivity contribution is 0.0223. The molecule has 0 unspecified atom stereocenters. The molecule has 0 saturated carbocycles. The Morgan fingerprint density at radius 3 is 2.63 bits per heavy atom. The van der Waals surface area contributed by atoms with Gasteiger partial charge in [0, 0.05) is 61.9 Å². The summed E-state index contributed by atoms with van der Waals surface area (Å²) in [6.45, 7) is 7.79. The van der Waals surface area contributed by atoms with Gasteiger partial charge < -0.3 is 5.32 Å². The zero-order valence-electron chi connectivity index (χ0n) is 10.9. The summed E-state index contributed by atoms with van der Waals surface area (Å²) in [5.74, 6) is 0. The third kappa shape index (κ3) is 3.23.